The van der Waals surface area contributed by atoms with Crippen LogP contribution in [0.3, 0.4) is 0 Å². The van der Waals surface area contributed by atoms with E-state index >= 15 is 0 Å². The number of rotatable bonds is 4. The van der Waals surface area contributed by atoms with Gasteiger partial charge in [0.25, 0.3) is 0 Å². The van der Waals surface area contributed by atoms with Crippen LogP contribution in [0.5, 0.6) is 17.2 Å². The van der Waals surface area contributed by atoms with Gasteiger partial charge in [-0.05, 0) is 55.2 Å². The molecule has 2 aliphatic heterocycles. The molecule has 0 aromatic heterocycles. The summed E-state index contributed by atoms with van der Waals surface area (Å²) in [4.78, 5) is 24.1. The Hall–Kier alpha value is -2.86. The van der Waals surface area contributed by atoms with E-state index in [9.17, 15) is 14.7 Å². The van der Waals surface area contributed by atoms with Crippen molar-refractivity contribution in [1.82, 2.24) is 0 Å². The maximum absolute atomic E-state index is 12.8. The lowest BCUT2D eigenvalue weighted by Crippen LogP contribution is -2.24. The quantitative estimate of drug-likeness (QED) is 0.506. The van der Waals surface area contributed by atoms with Crippen LogP contribution in [0.15, 0.2) is 36.4 Å². The van der Waals surface area contributed by atoms with Crippen molar-refractivity contribution in [3.63, 3.8) is 0 Å². The SMILES string of the molecule is O=C1CCc2cc(C(=O)c3ccc(OC4CCCCO4)cc3O)ccc2O1. The Morgan fingerprint density at radius 3 is 2.78 bits per heavy atom. The van der Waals surface area contributed by atoms with Gasteiger partial charge in [0.15, 0.2) is 12.1 Å². The number of phenols is 1. The van der Waals surface area contributed by atoms with Gasteiger partial charge in [0.05, 0.1) is 18.6 Å². The van der Waals surface area contributed by atoms with Crippen molar-refractivity contribution in [1.29, 1.82) is 0 Å². The van der Waals surface area contributed by atoms with E-state index in [1.54, 1.807) is 30.3 Å². The van der Waals surface area contributed by atoms with Crippen LogP contribution >= 0.6 is 0 Å². The molecule has 2 aliphatic rings. The predicted molar refractivity (Wildman–Crippen MR) is 96.2 cm³/mol. The Bertz CT molecular complexity index is 882. The molecule has 6 heteroatoms. The smallest absolute Gasteiger partial charge is 0.311 e. The molecule has 1 fully saturated rings. The maximum atomic E-state index is 12.8. The van der Waals surface area contributed by atoms with Crippen molar-refractivity contribution in [2.75, 3.05) is 6.61 Å². The Kier molecular flexibility index (Phi) is 4.81. The molecule has 0 bridgehead atoms. The molecule has 140 valence electrons. The standard InChI is InChI=1S/C21H20O6/c22-17-12-15(26-20-3-1-2-10-25-20)6-7-16(17)21(24)14-4-8-18-13(11-14)5-9-19(23)27-18/h4,6-8,11-12,20,22H,1-3,5,9-10H2. The summed E-state index contributed by atoms with van der Waals surface area (Å²) in [5, 5.41) is 10.3. The number of ether oxygens (including phenoxy) is 3. The fraction of sp³-hybridized carbons (Fsp3) is 0.333. The summed E-state index contributed by atoms with van der Waals surface area (Å²) < 4.78 is 16.4. The summed E-state index contributed by atoms with van der Waals surface area (Å²) in [5.74, 6) is 0.249. The van der Waals surface area contributed by atoms with Gasteiger partial charge in [0.2, 0.25) is 0 Å². The molecule has 6 nitrogen and oxygen atoms in total. The Morgan fingerprint density at radius 2 is 2.00 bits per heavy atom. The molecule has 0 aliphatic carbocycles. The second-order valence-corrected chi connectivity index (χ2v) is 6.72. The molecule has 4 rings (SSSR count). The van der Waals surface area contributed by atoms with Crippen LogP contribution in [-0.2, 0) is 16.0 Å². The molecule has 0 spiro atoms. The van der Waals surface area contributed by atoms with Crippen molar-refractivity contribution >= 4 is 11.8 Å². The number of fused-ring (bicyclic) bond motifs is 1. The Morgan fingerprint density at radius 1 is 1.11 bits per heavy atom. The first kappa shape index (κ1) is 17.5. The molecule has 1 unspecified atom stereocenters. The third kappa shape index (κ3) is 3.80. The highest BCUT2D eigenvalue weighted by Gasteiger charge is 2.21. The van der Waals surface area contributed by atoms with Crippen LogP contribution in [0.2, 0.25) is 0 Å². The lowest BCUT2D eigenvalue weighted by Gasteiger charge is -2.23. The van der Waals surface area contributed by atoms with Crippen molar-refractivity contribution in [2.24, 2.45) is 0 Å². The average Bonchev–Trinajstić information content (AvgIpc) is 2.68. The van der Waals surface area contributed by atoms with E-state index in [0.29, 0.717) is 36.5 Å². The molecule has 1 N–H and O–H groups in total. The maximum Gasteiger partial charge on any atom is 0.311 e. The van der Waals surface area contributed by atoms with E-state index in [2.05, 4.69) is 0 Å². The van der Waals surface area contributed by atoms with Gasteiger partial charge >= 0.3 is 5.97 Å². The molecule has 1 atom stereocenters. The number of esters is 1. The second kappa shape index (κ2) is 7.40. The molecule has 0 radical (unpaired) electrons. The number of hydrogen-bond acceptors (Lipinski definition) is 6. The summed E-state index contributed by atoms with van der Waals surface area (Å²) in [6.07, 6.45) is 3.39. The van der Waals surface area contributed by atoms with Gasteiger partial charge in [-0.2, -0.15) is 0 Å². The molecular weight excluding hydrogens is 348 g/mol. The zero-order valence-corrected chi connectivity index (χ0v) is 14.8. The molecule has 27 heavy (non-hydrogen) atoms. The first-order valence-electron chi connectivity index (χ1n) is 9.10. The van der Waals surface area contributed by atoms with Crippen LogP contribution in [0.1, 0.15) is 47.2 Å². The molecule has 2 heterocycles. The van der Waals surface area contributed by atoms with Crippen LogP contribution < -0.4 is 9.47 Å². The van der Waals surface area contributed by atoms with Gasteiger partial charge in [-0.25, -0.2) is 0 Å². The molecular formula is C21H20O6. The first-order chi connectivity index (χ1) is 13.1. The topological polar surface area (TPSA) is 82.1 Å². The number of carbonyl (C=O) groups excluding carboxylic acids is 2. The number of hydrogen-bond donors (Lipinski definition) is 1. The van der Waals surface area contributed by atoms with Crippen LogP contribution in [0.4, 0.5) is 0 Å². The van der Waals surface area contributed by atoms with E-state index in [-0.39, 0.29) is 29.4 Å². The fourth-order valence-electron chi connectivity index (χ4n) is 3.31. The van der Waals surface area contributed by atoms with Gasteiger partial charge < -0.3 is 19.3 Å². The van der Waals surface area contributed by atoms with Gasteiger partial charge in [0, 0.05) is 18.1 Å². The number of aromatic hydroxyl groups is 1. The van der Waals surface area contributed by atoms with Gasteiger partial charge in [0.1, 0.15) is 17.2 Å². The van der Waals surface area contributed by atoms with Gasteiger partial charge in [-0.3, -0.25) is 9.59 Å². The van der Waals surface area contributed by atoms with Crippen molar-refractivity contribution in [3.05, 3.63) is 53.1 Å². The highest BCUT2D eigenvalue weighted by molar-refractivity contribution is 6.11. The first-order valence-corrected chi connectivity index (χ1v) is 9.10. The largest absolute Gasteiger partial charge is 0.507 e. The summed E-state index contributed by atoms with van der Waals surface area (Å²) in [6.45, 7) is 0.668. The highest BCUT2D eigenvalue weighted by Crippen LogP contribution is 2.30. The van der Waals surface area contributed by atoms with Crippen LogP contribution in [-0.4, -0.2) is 29.8 Å². The third-order valence-electron chi connectivity index (χ3n) is 4.76. The molecule has 2 aromatic carbocycles. The summed E-state index contributed by atoms with van der Waals surface area (Å²) in [5.41, 5.74) is 1.44. The zero-order chi connectivity index (χ0) is 18.8. The lowest BCUT2D eigenvalue weighted by atomic mass is 9.97. The predicted octanol–water partition coefficient (Wildman–Crippen LogP) is 3.38. The summed E-state index contributed by atoms with van der Waals surface area (Å²) in [7, 11) is 0. The molecule has 0 amide bonds. The molecule has 0 saturated carbocycles. The molecule has 1 saturated heterocycles. The monoisotopic (exact) mass is 368 g/mol. The van der Waals surface area contributed by atoms with Crippen molar-refractivity contribution < 1.29 is 28.9 Å². The minimum Gasteiger partial charge on any atom is -0.507 e. The normalized spacial score (nSPS) is 19.1. The minimum atomic E-state index is -0.317. The Labute approximate surface area is 156 Å². The van der Waals surface area contributed by atoms with Gasteiger partial charge in [-0.1, -0.05) is 0 Å². The third-order valence-corrected chi connectivity index (χ3v) is 4.76. The van der Waals surface area contributed by atoms with E-state index in [1.807, 2.05) is 0 Å². The lowest BCUT2D eigenvalue weighted by molar-refractivity contribution is -0.135. The summed E-state index contributed by atoms with van der Waals surface area (Å²) >= 11 is 0. The van der Waals surface area contributed by atoms with E-state index in [0.717, 1.165) is 24.8 Å². The zero-order valence-electron chi connectivity index (χ0n) is 14.8. The van der Waals surface area contributed by atoms with Crippen molar-refractivity contribution in [2.45, 2.75) is 38.4 Å². The number of ketones is 1. The fourth-order valence-corrected chi connectivity index (χ4v) is 3.31. The second-order valence-electron chi connectivity index (χ2n) is 6.72. The number of carbonyl (C=O) groups is 2. The number of phenolic OH excluding ortho intramolecular Hbond substituents is 1. The van der Waals surface area contributed by atoms with E-state index in [4.69, 9.17) is 14.2 Å². The van der Waals surface area contributed by atoms with E-state index in [1.165, 1.54) is 6.07 Å². The highest BCUT2D eigenvalue weighted by atomic mass is 16.7. The summed E-state index contributed by atoms with van der Waals surface area (Å²) in [6, 6.07) is 9.57. The van der Waals surface area contributed by atoms with Crippen LogP contribution in [0.25, 0.3) is 0 Å². The van der Waals surface area contributed by atoms with E-state index < -0.39 is 0 Å². The number of benzene rings is 2. The Balaban J connectivity index is 1.52. The van der Waals surface area contributed by atoms with Gasteiger partial charge in [-0.15, -0.1) is 0 Å². The van der Waals surface area contributed by atoms with Crippen molar-refractivity contribution in [3.8, 4) is 17.2 Å². The number of aryl methyl sites for hydroxylation is 1. The van der Waals surface area contributed by atoms with Crippen LogP contribution in [0, 0.1) is 0 Å². The average molecular weight is 368 g/mol. The minimum absolute atomic E-state index is 0.141. The molecule has 2 aromatic rings.